The fraction of sp³-hybridized carbons (Fsp3) is 0.190. The van der Waals surface area contributed by atoms with E-state index in [1.54, 1.807) is 6.26 Å². The van der Waals surface area contributed by atoms with Gasteiger partial charge in [-0.15, -0.1) is 0 Å². The van der Waals surface area contributed by atoms with Crippen molar-refractivity contribution in [2.75, 3.05) is 0 Å². The Balaban J connectivity index is 2.07. The van der Waals surface area contributed by atoms with E-state index in [0.29, 0.717) is 5.58 Å². The molecule has 0 saturated heterocycles. The molecule has 24 heavy (non-hydrogen) atoms. The van der Waals surface area contributed by atoms with Crippen LogP contribution in [0.15, 0.2) is 62.4 Å². The molecule has 2 aromatic heterocycles. The first-order valence-corrected chi connectivity index (χ1v) is 8.10. The Kier molecular flexibility index (Phi) is 3.31. The highest BCUT2D eigenvalue weighted by Gasteiger charge is 2.17. The van der Waals surface area contributed by atoms with E-state index < -0.39 is 0 Å². The fourth-order valence-corrected chi connectivity index (χ4v) is 3.40. The van der Waals surface area contributed by atoms with Crippen LogP contribution in [0.4, 0.5) is 0 Å². The lowest BCUT2D eigenvalue weighted by molar-refractivity contribution is 0.541. The molecule has 0 radical (unpaired) electrons. The number of fused-ring (bicyclic) bond motifs is 2. The molecule has 3 heteroatoms. The van der Waals surface area contributed by atoms with Crippen LogP contribution in [-0.4, -0.2) is 0 Å². The summed E-state index contributed by atoms with van der Waals surface area (Å²) in [7, 11) is 0. The number of rotatable bonds is 2. The van der Waals surface area contributed by atoms with Gasteiger partial charge in [0.2, 0.25) is 0 Å². The van der Waals surface area contributed by atoms with Gasteiger partial charge in [-0.2, -0.15) is 0 Å². The van der Waals surface area contributed by atoms with Crippen LogP contribution in [0.5, 0.6) is 0 Å². The first-order valence-electron chi connectivity index (χ1n) is 8.10. The zero-order chi connectivity index (χ0) is 16.8. The van der Waals surface area contributed by atoms with Gasteiger partial charge in [0, 0.05) is 28.0 Å². The van der Waals surface area contributed by atoms with Crippen molar-refractivity contribution < 1.29 is 8.83 Å². The Morgan fingerprint density at radius 2 is 1.71 bits per heavy atom. The predicted octanol–water partition coefficient (Wildman–Crippen LogP) is 5.64. The molecule has 0 bridgehead atoms. The lowest BCUT2D eigenvalue weighted by Gasteiger charge is -2.10. The highest BCUT2D eigenvalue weighted by Crippen LogP contribution is 2.35. The van der Waals surface area contributed by atoms with Crippen LogP contribution in [0.2, 0.25) is 0 Å². The van der Waals surface area contributed by atoms with Crippen LogP contribution in [0.3, 0.4) is 0 Å². The zero-order valence-corrected chi connectivity index (χ0v) is 13.9. The van der Waals surface area contributed by atoms with E-state index in [9.17, 15) is 4.79 Å². The summed E-state index contributed by atoms with van der Waals surface area (Å²) >= 11 is 0. The number of benzene rings is 2. The SMILES string of the molecule is Cc1c(C(C)C)c(=O)oc2cc3occ(-c4ccccc4)c3cc12. The van der Waals surface area contributed by atoms with Gasteiger partial charge in [-0.1, -0.05) is 44.2 Å². The van der Waals surface area contributed by atoms with Crippen molar-refractivity contribution in [3.8, 4) is 11.1 Å². The third kappa shape index (κ3) is 2.16. The molecule has 0 fully saturated rings. The topological polar surface area (TPSA) is 43.4 Å². The lowest BCUT2D eigenvalue weighted by Crippen LogP contribution is -2.11. The maximum atomic E-state index is 12.3. The van der Waals surface area contributed by atoms with Crippen molar-refractivity contribution in [2.24, 2.45) is 0 Å². The summed E-state index contributed by atoms with van der Waals surface area (Å²) in [5, 5.41) is 1.99. The fourth-order valence-electron chi connectivity index (χ4n) is 3.40. The van der Waals surface area contributed by atoms with Gasteiger partial charge in [-0.25, -0.2) is 4.79 Å². The minimum absolute atomic E-state index is 0.124. The number of furan rings is 1. The lowest BCUT2D eigenvalue weighted by atomic mass is 9.96. The predicted molar refractivity (Wildman–Crippen MR) is 96.5 cm³/mol. The number of hydrogen-bond acceptors (Lipinski definition) is 3. The van der Waals surface area contributed by atoms with Crippen molar-refractivity contribution in [3.05, 3.63) is 70.3 Å². The molecule has 0 unspecified atom stereocenters. The van der Waals surface area contributed by atoms with Gasteiger partial charge >= 0.3 is 5.63 Å². The van der Waals surface area contributed by atoms with Crippen LogP contribution >= 0.6 is 0 Å². The highest BCUT2D eigenvalue weighted by atomic mass is 16.4. The summed E-state index contributed by atoms with van der Waals surface area (Å²) < 4.78 is 11.2. The van der Waals surface area contributed by atoms with Crippen LogP contribution in [0, 0.1) is 6.92 Å². The molecular formula is C21H18O3. The first kappa shape index (κ1) is 14.8. The van der Waals surface area contributed by atoms with Gasteiger partial charge < -0.3 is 8.83 Å². The van der Waals surface area contributed by atoms with Crippen molar-refractivity contribution in [3.63, 3.8) is 0 Å². The second-order valence-corrected chi connectivity index (χ2v) is 6.44. The second kappa shape index (κ2) is 5.38. The van der Waals surface area contributed by atoms with Gasteiger partial charge in [0.1, 0.15) is 11.2 Å². The third-order valence-electron chi connectivity index (χ3n) is 4.57. The molecule has 0 spiro atoms. The van der Waals surface area contributed by atoms with Gasteiger partial charge in [-0.3, -0.25) is 0 Å². The van der Waals surface area contributed by atoms with Crippen molar-refractivity contribution in [1.82, 2.24) is 0 Å². The largest absolute Gasteiger partial charge is 0.464 e. The average molecular weight is 318 g/mol. The molecular weight excluding hydrogens is 300 g/mol. The Hall–Kier alpha value is -2.81. The monoisotopic (exact) mass is 318 g/mol. The van der Waals surface area contributed by atoms with Crippen LogP contribution in [-0.2, 0) is 0 Å². The maximum absolute atomic E-state index is 12.3. The second-order valence-electron chi connectivity index (χ2n) is 6.44. The standard InChI is InChI=1S/C21H18O3/c1-12(2)20-13(3)15-9-16-17(14-7-5-4-6-8-14)11-23-18(16)10-19(15)24-21(20)22/h4-12H,1-3H3. The van der Waals surface area contributed by atoms with E-state index >= 15 is 0 Å². The molecule has 0 aliphatic heterocycles. The smallest absolute Gasteiger partial charge is 0.339 e. The number of hydrogen-bond donors (Lipinski definition) is 0. The molecule has 0 atom stereocenters. The summed E-state index contributed by atoms with van der Waals surface area (Å²) in [6, 6.07) is 14.0. The molecule has 120 valence electrons. The first-order chi connectivity index (χ1) is 11.6. The minimum Gasteiger partial charge on any atom is -0.464 e. The van der Waals surface area contributed by atoms with Crippen molar-refractivity contribution in [1.29, 1.82) is 0 Å². The van der Waals surface area contributed by atoms with Crippen molar-refractivity contribution >= 4 is 21.9 Å². The van der Waals surface area contributed by atoms with E-state index in [1.807, 2.05) is 45.0 Å². The van der Waals surface area contributed by atoms with Gasteiger partial charge in [-0.05, 0) is 30.0 Å². The summed E-state index contributed by atoms with van der Waals surface area (Å²) in [5.74, 6) is 0.124. The molecule has 0 aliphatic rings. The van der Waals surface area contributed by atoms with E-state index in [4.69, 9.17) is 8.83 Å². The van der Waals surface area contributed by atoms with E-state index in [2.05, 4.69) is 18.2 Å². The quantitative estimate of drug-likeness (QED) is 0.449. The molecule has 0 saturated carbocycles. The van der Waals surface area contributed by atoms with Crippen LogP contribution in [0.1, 0.15) is 30.9 Å². The molecule has 0 amide bonds. The molecule has 0 N–H and O–H groups in total. The average Bonchev–Trinajstić information content (AvgIpc) is 2.96. The summed E-state index contributed by atoms with van der Waals surface area (Å²) in [6.07, 6.45) is 1.76. The summed E-state index contributed by atoms with van der Waals surface area (Å²) in [4.78, 5) is 12.3. The van der Waals surface area contributed by atoms with Gasteiger partial charge in [0.15, 0.2) is 0 Å². The molecule has 4 aromatic rings. The Labute approximate surface area is 139 Å². The van der Waals surface area contributed by atoms with Gasteiger partial charge in [0.25, 0.3) is 0 Å². The zero-order valence-electron chi connectivity index (χ0n) is 13.9. The van der Waals surface area contributed by atoms with E-state index in [-0.39, 0.29) is 11.5 Å². The highest BCUT2D eigenvalue weighted by molar-refractivity contribution is 6.02. The Bertz CT molecular complexity index is 1100. The van der Waals surface area contributed by atoms with E-state index in [0.717, 1.165) is 38.6 Å². The van der Waals surface area contributed by atoms with Crippen molar-refractivity contribution in [2.45, 2.75) is 26.7 Å². The molecule has 0 aliphatic carbocycles. The molecule has 4 rings (SSSR count). The van der Waals surface area contributed by atoms with Crippen LogP contribution < -0.4 is 5.63 Å². The normalized spacial score (nSPS) is 11.7. The Morgan fingerprint density at radius 1 is 0.958 bits per heavy atom. The third-order valence-corrected chi connectivity index (χ3v) is 4.57. The van der Waals surface area contributed by atoms with E-state index in [1.165, 1.54) is 0 Å². The Morgan fingerprint density at radius 3 is 2.42 bits per heavy atom. The molecule has 2 heterocycles. The summed E-state index contributed by atoms with van der Waals surface area (Å²) in [5.41, 5.74) is 4.91. The maximum Gasteiger partial charge on any atom is 0.339 e. The van der Waals surface area contributed by atoms with Gasteiger partial charge in [0.05, 0.1) is 6.26 Å². The summed E-state index contributed by atoms with van der Waals surface area (Å²) in [6.45, 7) is 6.01. The number of aryl methyl sites for hydroxylation is 1. The minimum atomic E-state index is -0.260. The molecule has 2 aromatic carbocycles. The molecule has 3 nitrogen and oxygen atoms in total. The van der Waals surface area contributed by atoms with Crippen LogP contribution in [0.25, 0.3) is 33.1 Å².